The molecule has 0 aliphatic heterocycles. The van der Waals surface area contributed by atoms with Crippen molar-refractivity contribution in [2.24, 2.45) is 0 Å². The van der Waals surface area contributed by atoms with Gasteiger partial charge in [0.1, 0.15) is 0 Å². The monoisotopic (exact) mass is 104 g/mol. The Kier molecular flexibility index (Phi) is 20.3. The molecule has 0 amide bonds. The molecule has 0 bridgehead atoms. The predicted octanol–water partition coefficient (Wildman–Crippen LogP) is 0.617. The fourth-order valence-corrected chi connectivity index (χ4v) is 0. The first kappa shape index (κ1) is 9.20. The molecule has 0 atom stereocenters. The Labute approximate surface area is 52.1 Å². The average Bonchev–Trinajstić information content (AvgIpc) is 0.918. The van der Waals surface area contributed by atoms with Crippen LogP contribution < -0.4 is 0 Å². The summed E-state index contributed by atoms with van der Waals surface area (Å²) in [6, 6.07) is 0. The van der Waals surface area contributed by atoms with E-state index in [2.05, 4.69) is 0 Å². The largest absolute Gasteiger partial charge is 0.495 e. The van der Waals surface area contributed by atoms with Crippen LogP contribution in [0.3, 0.4) is 0 Å². The summed E-state index contributed by atoms with van der Waals surface area (Å²) in [7, 11) is 9.69. The van der Waals surface area contributed by atoms with E-state index in [-0.39, 0.29) is 32.2 Å². The molecule has 0 aromatic carbocycles. The zero-order valence-corrected chi connectivity index (χ0v) is 5.00. The molecule has 4 heavy (non-hydrogen) atoms. The Balaban J connectivity index is 0. The van der Waals surface area contributed by atoms with Crippen molar-refractivity contribution in [3.8, 4) is 0 Å². The maximum Gasteiger partial charge on any atom is 0.495 e. The molecule has 0 aliphatic rings. The summed E-state index contributed by atoms with van der Waals surface area (Å²) in [5.41, 5.74) is 0. The van der Waals surface area contributed by atoms with Crippen LogP contribution >= 0.6 is 20.1 Å². The molecule has 0 heterocycles. The molecule has 0 N–H and O–H groups in total. The number of hydrogen-bond donors (Lipinski definition) is 0. The summed E-state index contributed by atoms with van der Waals surface area (Å²) < 4.78 is 0. The molecule has 18 valence electrons. The van der Waals surface area contributed by atoms with E-state index < -0.39 is 0 Å². The van der Waals surface area contributed by atoms with Crippen LogP contribution in [-0.2, 0) is 0 Å². The fourth-order valence-electron chi connectivity index (χ4n) is 0. The van der Waals surface area contributed by atoms with Crippen molar-refractivity contribution in [3.63, 3.8) is 0 Å². The van der Waals surface area contributed by atoms with E-state index in [0.29, 0.717) is 0 Å². The van der Waals surface area contributed by atoms with Gasteiger partial charge in [-0.15, -0.1) is 0 Å². The minimum absolute atomic E-state index is 0. The number of halogens is 2. The average molecular weight is 105 g/mol. The van der Waals surface area contributed by atoms with E-state index in [4.69, 9.17) is 20.1 Å². The molecule has 0 saturated carbocycles. The Bertz CT molecular complexity index is 6.00. The smallest absolute Gasteiger partial charge is 0.248 e. The summed E-state index contributed by atoms with van der Waals surface area (Å²) in [6.07, 6.45) is 0. The second kappa shape index (κ2) is 8.83. The van der Waals surface area contributed by atoms with Crippen LogP contribution in [0.2, 0.25) is 0 Å². The zero-order chi connectivity index (χ0) is 2.71. The Morgan fingerprint density at radius 3 is 1.25 bits per heavy atom. The van der Waals surface area contributed by atoms with Gasteiger partial charge in [0.25, 0.3) is 0 Å². The Hall–Kier alpha value is 1.71. The molecule has 2 radical (unpaired) electrons. The maximum atomic E-state index is 4.85. The molecule has 0 spiro atoms. The van der Waals surface area contributed by atoms with Gasteiger partial charge in [-0.2, -0.15) is 0 Å². The van der Waals surface area contributed by atoms with E-state index in [1.807, 2.05) is 0 Å². The second-order valence-corrected chi connectivity index (χ2v) is 2.23. The number of hydrogen-bond acceptors (Lipinski definition) is 0. The SMILES string of the molecule is [Cl][Al][Cl].[Li]. The van der Waals surface area contributed by atoms with Gasteiger partial charge in [-0.3, -0.25) is 0 Å². The topological polar surface area (TPSA) is 0 Å². The minimum Gasteiger partial charge on any atom is -0.248 e. The molecular weight excluding hydrogens is 105 g/mol. The third-order valence-electron chi connectivity index (χ3n) is 0. The van der Waals surface area contributed by atoms with Crippen molar-refractivity contribution in [2.45, 2.75) is 0 Å². The van der Waals surface area contributed by atoms with Crippen molar-refractivity contribution in [1.82, 2.24) is 0 Å². The van der Waals surface area contributed by atoms with Gasteiger partial charge >= 0.3 is 13.4 Å². The third kappa shape index (κ3) is 9.32. The first-order valence-electron chi connectivity index (χ1n) is 0.436. The van der Waals surface area contributed by atoms with Gasteiger partial charge in [-0.05, 0) is 0 Å². The van der Waals surface area contributed by atoms with Crippen LogP contribution in [0.25, 0.3) is 0 Å². The molecule has 0 saturated heterocycles. The molecule has 0 rings (SSSR count). The molecule has 0 aliphatic carbocycles. The predicted molar refractivity (Wildman–Crippen MR) is 23.2 cm³/mol. The van der Waals surface area contributed by atoms with Crippen molar-refractivity contribution in [3.05, 3.63) is 0 Å². The van der Waals surface area contributed by atoms with E-state index >= 15 is 0 Å². The van der Waals surface area contributed by atoms with Crippen LogP contribution in [0, 0.1) is 0 Å². The van der Waals surface area contributed by atoms with Crippen molar-refractivity contribution in [2.75, 3.05) is 0 Å². The summed E-state index contributed by atoms with van der Waals surface area (Å²) >= 11 is -0.306. The van der Waals surface area contributed by atoms with Crippen LogP contribution in [0.5, 0.6) is 0 Å². The summed E-state index contributed by atoms with van der Waals surface area (Å²) in [5.74, 6) is 0. The number of rotatable bonds is 0. The minimum atomic E-state index is -0.306. The normalized spacial score (nSPS) is 3.50. The van der Waals surface area contributed by atoms with Gasteiger partial charge < -0.3 is 0 Å². The van der Waals surface area contributed by atoms with Gasteiger partial charge in [0.15, 0.2) is 0 Å². The zero-order valence-electron chi connectivity index (χ0n) is 2.33. The van der Waals surface area contributed by atoms with Crippen molar-refractivity contribution in [1.29, 1.82) is 0 Å². The van der Waals surface area contributed by atoms with Crippen LogP contribution in [0.15, 0.2) is 0 Å². The van der Waals surface area contributed by atoms with Gasteiger partial charge in [0.2, 0.25) is 0 Å². The van der Waals surface area contributed by atoms with E-state index in [1.165, 1.54) is 0 Å². The van der Waals surface area contributed by atoms with Crippen molar-refractivity contribution >= 4 is 52.3 Å². The van der Waals surface area contributed by atoms with Crippen LogP contribution in [0.1, 0.15) is 0 Å². The first-order valence-corrected chi connectivity index (χ1v) is 3.93. The van der Waals surface area contributed by atoms with Crippen molar-refractivity contribution < 1.29 is 0 Å². The maximum absolute atomic E-state index is 4.85. The Morgan fingerprint density at radius 1 is 1.25 bits per heavy atom. The van der Waals surface area contributed by atoms with E-state index in [0.717, 1.165) is 0 Å². The van der Waals surface area contributed by atoms with Gasteiger partial charge in [0.05, 0.1) is 0 Å². The molecule has 0 aromatic rings. The molecule has 4 heteroatoms. The standard InChI is InChI=1S/Al.2ClH.Li/h;2*1H;/q+2;;;/p-2. The molecule has 0 fully saturated rings. The second-order valence-electron chi connectivity index (χ2n) is 0.0825. The van der Waals surface area contributed by atoms with Crippen LogP contribution in [0.4, 0.5) is 0 Å². The van der Waals surface area contributed by atoms with Crippen LogP contribution in [-0.4, -0.2) is 32.2 Å². The third-order valence-corrected chi connectivity index (χ3v) is 0. The van der Waals surface area contributed by atoms with Gasteiger partial charge in [-0.1, -0.05) is 0 Å². The quantitative estimate of drug-likeness (QED) is 0.396. The fraction of sp³-hybridized carbons (Fsp3) is 0. The molecule has 0 unspecified atom stereocenters. The summed E-state index contributed by atoms with van der Waals surface area (Å²) in [5, 5.41) is 0. The first-order chi connectivity index (χ1) is 1.41. The van der Waals surface area contributed by atoms with E-state index in [1.54, 1.807) is 0 Å². The molecule has 0 aromatic heterocycles. The Morgan fingerprint density at radius 2 is 1.25 bits per heavy atom. The van der Waals surface area contributed by atoms with E-state index in [9.17, 15) is 0 Å². The molecule has 0 nitrogen and oxygen atoms in total. The van der Waals surface area contributed by atoms with Gasteiger partial charge in [0, 0.05) is 18.9 Å². The molecular formula is AlCl2Li. The summed E-state index contributed by atoms with van der Waals surface area (Å²) in [6.45, 7) is 0. The van der Waals surface area contributed by atoms with Gasteiger partial charge in [-0.25, -0.2) is 20.1 Å². The summed E-state index contributed by atoms with van der Waals surface area (Å²) in [4.78, 5) is 0.